The Hall–Kier alpha value is -2.83. The minimum Gasteiger partial charge on any atom is -0.456 e. The Morgan fingerprint density at radius 3 is 2.64 bits per heavy atom. The number of furan rings is 1. The van der Waals surface area contributed by atoms with Crippen molar-refractivity contribution in [1.82, 2.24) is 10.2 Å². The van der Waals surface area contributed by atoms with E-state index < -0.39 is 0 Å². The first-order chi connectivity index (χ1) is 15.7. The number of nitrogens with one attached hydrogen (secondary N) is 2. The van der Waals surface area contributed by atoms with E-state index in [0.29, 0.717) is 16.3 Å². The van der Waals surface area contributed by atoms with Crippen LogP contribution >= 0.6 is 24.0 Å². The summed E-state index contributed by atoms with van der Waals surface area (Å²) in [4.78, 5) is 15.2. The van der Waals surface area contributed by atoms with Gasteiger partial charge in [0, 0.05) is 54.3 Å². The van der Waals surface area contributed by atoms with Gasteiger partial charge in [-0.05, 0) is 54.1 Å². The van der Waals surface area contributed by atoms with Gasteiger partial charge in [-0.1, -0.05) is 35.9 Å². The lowest BCUT2D eigenvalue weighted by atomic mass is 10.1. The molecule has 2 heterocycles. The van der Waals surface area contributed by atoms with Crippen LogP contribution in [0.5, 0.6) is 0 Å². The molecule has 5 nitrogen and oxygen atoms in total. The van der Waals surface area contributed by atoms with Crippen molar-refractivity contribution in [3.63, 3.8) is 0 Å². The number of carbonyl (C=O) groups is 1. The summed E-state index contributed by atoms with van der Waals surface area (Å²) in [6, 6.07) is 23.0. The van der Waals surface area contributed by atoms with Gasteiger partial charge in [-0.15, -0.1) is 12.4 Å². The molecule has 170 valence electrons. The van der Waals surface area contributed by atoms with Gasteiger partial charge in [0.05, 0.1) is 5.69 Å². The average Bonchev–Trinajstić information content (AvgIpc) is 3.23. The summed E-state index contributed by atoms with van der Waals surface area (Å²) in [7, 11) is 0. The molecule has 1 fully saturated rings. The first-order valence-electron chi connectivity index (χ1n) is 10.8. The third-order valence-electron chi connectivity index (χ3n) is 5.72. The Bertz CT molecular complexity index is 1270. The van der Waals surface area contributed by atoms with E-state index >= 15 is 0 Å². The lowest BCUT2D eigenvalue weighted by Gasteiger charge is -2.27. The molecule has 1 aliphatic rings. The fraction of sp³-hybridized carbons (Fsp3) is 0.192. The largest absolute Gasteiger partial charge is 0.456 e. The highest BCUT2D eigenvalue weighted by Crippen LogP contribution is 2.33. The molecule has 3 aromatic carbocycles. The first kappa shape index (κ1) is 23.3. The van der Waals surface area contributed by atoms with Crippen molar-refractivity contribution in [2.24, 2.45) is 0 Å². The number of nitrogens with zero attached hydrogens (tertiary/aromatic N) is 1. The number of carbonyl (C=O) groups excluding carboxylic acids is 1. The van der Waals surface area contributed by atoms with Crippen molar-refractivity contribution in [3.05, 3.63) is 88.9 Å². The molecular weight excluding hydrogens is 457 g/mol. The summed E-state index contributed by atoms with van der Waals surface area (Å²) >= 11 is 6.04. The van der Waals surface area contributed by atoms with Gasteiger partial charge in [0.1, 0.15) is 11.3 Å². The maximum absolute atomic E-state index is 12.7. The molecule has 0 atom stereocenters. The fourth-order valence-electron chi connectivity index (χ4n) is 4.08. The number of fused-ring (bicyclic) bond motifs is 1. The molecule has 0 aliphatic carbocycles. The Morgan fingerprint density at radius 1 is 1.00 bits per heavy atom. The molecule has 0 spiro atoms. The molecule has 1 amide bonds. The number of halogens is 2. The molecule has 33 heavy (non-hydrogen) atoms. The van der Waals surface area contributed by atoms with E-state index in [1.807, 2.05) is 36.4 Å². The van der Waals surface area contributed by atoms with Gasteiger partial charge in [-0.25, -0.2) is 0 Å². The van der Waals surface area contributed by atoms with Gasteiger partial charge in [0.2, 0.25) is 0 Å². The summed E-state index contributed by atoms with van der Waals surface area (Å²) in [6.45, 7) is 5.14. The fourth-order valence-corrected chi connectivity index (χ4v) is 4.27. The van der Waals surface area contributed by atoms with Gasteiger partial charge in [0.25, 0.3) is 5.91 Å². The summed E-state index contributed by atoms with van der Waals surface area (Å²) in [5, 5.41) is 7.97. The lowest BCUT2D eigenvalue weighted by Crippen LogP contribution is -2.42. The summed E-state index contributed by atoms with van der Waals surface area (Å²) in [5.74, 6) is 0.510. The molecular formula is C26H25Cl2N3O2. The lowest BCUT2D eigenvalue weighted by molar-refractivity contribution is 0.102. The van der Waals surface area contributed by atoms with Crippen molar-refractivity contribution in [2.75, 3.05) is 31.5 Å². The van der Waals surface area contributed by atoms with Crippen LogP contribution in [0.3, 0.4) is 0 Å². The van der Waals surface area contributed by atoms with E-state index in [0.717, 1.165) is 55.0 Å². The Balaban J connectivity index is 0.00000259. The number of amides is 1. The molecule has 0 unspecified atom stereocenters. The zero-order chi connectivity index (χ0) is 21.9. The number of piperazine rings is 1. The Kier molecular flexibility index (Phi) is 7.36. The monoisotopic (exact) mass is 481 g/mol. The molecule has 7 heteroatoms. The van der Waals surface area contributed by atoms with Crippen LogP contribution < -0.4 is 10.6 Å². The Morgan fingerprint density at radius 2 is 1.82 bits per heavy atom. The van der Waals surface area contributed by atoms with Crippen LogP contribution in [0.4, 0.5) is 5.69 Å². The SMILES string of the molecule is Cl.O=C(Nc1ccccc1-c1cc2cc(CN3CCNCC3)ccc2o1)c1cccc(Cl)c1. The van der Waals surface area contributed by atoms with Crippen molar-refractivity contribution in [1.29, 1.82) is 0 Å². The highest BCUT2D eigenvalue weighted by Gasteiger charge is 2.15. The number of rotatable bonds is 5. The highest BCUT2D eigenvalue weighted by atomic mass is 35.5. The maximum Gasteiger partial charge on any atom is 0.255 e. The van der Waals surface area contributed by atoms with Crippen LogP contribution in [0, 0.1) is 0 Å². The normalized spacial score (nSPS) is 14.1. The summed E-state index contributed by atoms with van der Waals surface area (Å²) in [5.41, 5.74) is 4.14. The number of benzene rings is 3. The van der Waals surface area contributed by atoms with Crippen molar-refractivity contribution >= 4 is 46.6 Å². The molecule has 2 N–H and O–H groups in total. The predicted octanol–water partition coefficient (Wildman–Crippen LogP) is 5.83. The standard InChI is InChI=1S/C26H24ClN3O2.ClH/c27-21-5-3-4-19(15-21)26(31)29-23-7-2-1-6-22(23)25-16-20-14-18(8-9-24(20)32-25)17-30-12-10-28-11-13-30;/h1-9,14-16,28H,10-13,17H2,(H,29,31);1H. The average molecular weight is 482 g/mol. The third-order valence-corrected chi connectivity index (χ3v) is 5.96. The molecule has 1 aromatic heterocycles. The smallest absolute Gasteiger partial charge is 0.255 e. The molecule has 1 saturated heterocycles. The molecule has 0 bridgehead atoms. The minimum absolute atomic E-state index is 0. The summed E-state index contributed by atoms with van der Waals surface area (Å²) in [6.07, 6.45) is 0. The van der Waals surface area contributed by atoms with E-state index in [4.69, 9.17) is 16.0 Å². The van der Waals surface area contributed by atoms with Crippen LogP contribution in [0.25, 0.3) is 22.3 Å². The zero-order valence-electron chi connectivity index (χ0n) is 18.0. The van der Waals surface area contributed by atoms with Crippen LogP contribution in [0.2, 0.25) is 5.02 Å². The molecule has 1 aliphatic heterocycles. The van der Waals surface area contributed by atoms with Crippen molar-refractivity contribution in [3.8, 4) is 11.3 Å². The Labute approximate surface area is 204 Å². The second-order valence-corrected chi connectivity index (χ2v) is 8.46. The number of hydrogen-bond donors (Lipinski definition) is 2. The van der Waals surface area contributed by atoms with Gasteiger partial charge in [-0.3, -0.25) is 9.69 Å². The molecule has 4 aromatic rings. The zero-order valence-corrected chi connectivity index (χ0v) is 19.6. The van der Waals surface area contributed by atoms with Crippen LogP contribution in [0.1, 0.15) is 15.9 Å². The number of para-hydroxylation sites is 1. The van der Waals surface area contributed by atoms with Gasteiger partial charge >= 0.3 is 0 Å². The minimum atomic E-state index is -0.214. The molecule has 5 rings (SSSR count). The quantitative estimate of drug-likeness (QED) is 0.376. The van der Waals surface area contributed by atoms with E-state index in [2.05, 4.69) is 27.7 Å². The van der Waals surface area contributed by atoms with E-state index in [-0.39, 0.29) is 18.3 Å². The maximum atomic E-state index is 12.7. The molecule has 0 saturated carbocycles. The van der Waals surface area contributed by atoms with Crippen LogP contribution in [0.15, 0.2) is 77.2 Å². The highest BCUT2D eigenvalue weighted by molar-refractivity contribution is 6.31. The third kappa shape index (κ3) is 5.40. The second-order valence-electron chi connectivity index (χ2n) is 8.02. The number of hydrogen-bond acceptors (Lipinski definition) is 4. The van der Waals surface area contributed by atoms with Crippen LogP contribution in [-0.4, -0.2) is 37.0 Å². The van der Waals surface area contributed by atoms with Gasteiger partial charge in [-0.2, -0.15) is 0 Å². The first-order valence-corrected chi connectivity index (χ1v) is 11.2. The summed E-state index contributed by atoms with van der Waals surface area (Å²) < 4.78 is 6.15. The van der Waals surface area contributed by atoms with E-state index in [1.54, 1.807) is 24.3 Å². The van der Waals surface area contributed by atoms with Gasteiger partial charge < -0.3 is 15.1 Å². The van der Waals surface area contributed by atoms with E-state index in [9.17, 15) is 4.79 Å². The second kappa shape index (κ2) is 10.4. The van der Waals surface area contributed by atoms with Crippen molar-refractivity contribution < 1.29 is 9.21 Å². The number of anilines is 1. The van der Waals surface area contributed by atoms with Crippen molar-refractivity contribution in [2.45, 2.75) is 6.54 Å². The topological polar surface area (TPSA) is 57.5 Å². The predicted molar refractivity (Wildman–Crippen MR) is 136 cm³/mol. The van der Waals surface area contributed by atoms with Crippen LogP contribution in [-0.2, 0) is 6.54 Å². The molecule has 0 radical (unpaired) electrons. The van der Waals surface area contributed by atoms with E-state index in [1.165, 1.54) is 5.56 Å². The van der Waals surface area contributed by atoms with Gasteiger partial charge in [0.15, 0.2) is 0 Å².